The third-order valence-corrected chi connectivity index (χ3v) is 3.38. The molecular weight excluding hydrogens is 258 g/mol. The maximum absolute atomic E-state index is 12.1. The summed E-state index contributed by atoms with van der Waals surface area (Å²) < 4.78 is 0. The minimum atomic E-state index is -0.195. The average Bonchev–Trinajstić information content (AvgIpc) is 2.75. The van der Waals surface area contributed by atoms with Crippen LogP contribution in [-0.4, -0.2) is 41.2 Å². The second kappa shape index (κ2) is 5.81. The molecule has 0 atom stereocenters. The number of imide groups is 1. The Morgan fingerprint density at radius 1 is 1.35 bits per heavy atom. The molecule has 2 heterocycles. The van der Waals surface area contributed by atoms with Crippen LogP contribution in [-0.2, 0) is 14.4 Å². The van der Waals surface area contributed by atoms with Crippen LogP contribution >= 0.6 is 0 Å². The van der Waals surface area contributed by atoms with Gasteiger partial charge in [-0.2, -0.15) is 0 Å². The number of pyridine rings is 1. The zero-order valence-corrected chi connectivity index (χ0v) is 11.6. The Bertz CT molecular complexity index is 540. The van der Waals surface area contributed by atoms with E-state index in [0.717, 1.165) is 10.5 Å². The molecule has 6 heteroatoms. The van der Waals surface area contributed by atoms with Gasteiger partial charge in [-0.25, -0.2) is 4.98 Å². The first-order chi connectivity index (χ1) is 9.50. The van der Waals surface area contributed by atoms with Gasteiger partial charge in [0.2, 0.25) is 17.7 Å². The van der Waals surface area contributed by atoms with Gasteiger partial charge in [0.05, 0.1) is 0 Å². The van der Waals surface area contributed by atoms with Crippen LogP contribution in [0.3, 0.4) is 0 Å². The summed E-state index contributed by atoms with van der Waals surface area (Å²) in [6, 6.07) is 3.68. The van der Waals surface area contributed by atoms with Crippen molar-refractivity contribution < 1.29 is 14.4 Å². The molecule has 0 unspecified atom stereocenters. The number of amides is 3. The van der Waals surface area contributed by atoms with Crippen LogP contribution in [0.1, 0.15) is 24.8 Å². The van der Waals surface area contributed by atoms with Gasteiger partial charge < -0.3 is 0 Å². The standard InChI is InChI=1S/C14H17N3O3/c1-10-4-3-8-15-14(10)16(2)11(18)7-9-17-12(19)5-6-13(17)20/h3-4,8H,5-7,9H2,1-2H3. The summed E-state index contributed by atoms with van der Waals surface area (Å²) in [6.45, 7) is 2.02. The van der Waals surface area contributed by atoms with Gasteiger partial charge in [-0.3, -0.25) is 24.2 Å². The van der Waals surface area contributed by atoms with E-state index in [1.54, 1.807) is 19.3 Å². The lowest BCUT2D eigenvalue weighted by molar-refractivity contribution is -0.138. The molecule has 106 valence electrons. The summed E-state index contributed by atoms with van der Waals surface area (Å²) in [4.78, 5) is 41.8. The Labute approximate surface area is 117 Å². The van der Waals surface area contributed by atoms with Crippen molar-refractivity contribution in [3.8, 4) is 0 Å². The fraction of sp³-hybridized carbons (Fsp3) is 0.429. The predicted molar refractivity (Wildman–Crippen MR) is 73.0 cm³/mol. The average molecular weight is 275 g/mol. The molecule has 1 saturated heterocycles. The zero-order valence-electron chi connectivity index (χ0n) is 11.6. The summed E-state index contributed by atoms with van der Waals surface area (Å²) in [7, 11) is 1.64. The van der Waals surface area contributed by atoms with E-state index in [1.165, 1.54) is 4.90 Å². The number of hydrogen-bond donors (Lipinski definition) is 0. The number of anilines is 1. The smallest absolute Gasteiger partial charge is 0.229 e. The molecule has 0 bridgehead atoms. The number of aromatic nitrogens is 1. The maximum Gasteiger partial charge on any atom is 0.229 e. The summed E-state index contributed by atoms with van der Waals surface area (Å²) in [6.07, 6.45) is 2.24. The molecule has 20 heavy (non-hydrogen) atoms. The molecule has 2 rings (SSSR count). The highest BCUT2D eigenvalue weighted by atomic mass is 16.2. The number of nitrogens with zero attached hydrogens (tertiary/aromatic N) is 3. The van der Waals surface area contributed by atoms with Crippen LogP contribution in [0.25, 0.3) is 0 Å². The summed E-state index contributed by atoms with van der Waals surface area (Å²) >= 11 is 0. The molecule has 0 N–H and O–H groups in total. The van der Waals surface area contributed by atoms with Crippen molar-refractivity contribution in [1.82, 2.24) is 9.88 Å². The van der Waals surface area contributed by atoms with Crippen LogP contribution in [0.2, 0.25) is 0 Å². The molecule has 1 fully saturated rings. The van der Waals surface area contributed by atoms with Crippen molar-refractivity contribution in [2.24, 2.45) is 0 Å². The molecule has 0 radical (unpaired) electrons. The quantitative estimate of drug-likeness (QED) is 0.765. The van der Waals surface area contributed by atoms with Gasteiger partial charge in [0.1, 0.15) is 5.82 Å². The van der Waals surface area contributed by atoms with Crippen molar-refractivity contribution in [3.63, 3.8) is 0 Å². The van der Waals surface area contributed by atoms with Crippen molar-refractivity contribution in [2.45, 2.75) is 26.2 Å². The molecule has 3 amide bonds. The van der Waals surface area contributed by atoms with E-state index in [2.05, 4.69) is 4.98 Å². The van der Waals surface area contributed by atoms with Crippen molar-refractivity contribution >= 4 is 23.5 Å². The molecular formula is C14H17N3O3. The second-order valence-corrected chi connectivity index (χ2v) is 4.79. The second-order valence-electron chi connectivity index (χ2n) is 4.79. The number of carbonyl (C=O) groups excluding carboxylic acids is 3. The van der Waals surface area contributed by atoms with E-state index in [1.807, 2.05) is 13.0 Å². The molecule has 1 aromatic rings. The maximum atomic E-state index is 12.1. The highest BCUT2D eigenvalue weighted by Gasteiger charge is 2.29. The van der Waals surface area contributed by atoms with E-state index in [0.29, 0.717) is 5.82 Å². The van der Waals surface area contributed by atoms with Crippen molar-refractivity contribution in [1.29, 1.82) is 0 Å². The van der Waals surface area contributed by atoms with Gasteiger partial charge >= 0.3 is 0 Å². The fourth-order valence-corrected chi connectivity index (χ4v) is 2.19. The predicted octanol–water partition coefficient (Wildman–Crippen LogP) is 0.892. The molecule has 0 spiro atoms. The minimum Gasteiger partial charge on any atom is -0.300 e. The van der Waals surface area contributed by atoms with Crippen LogP contribution < -0.4 is 4.90 Å². The van der Waals surface area contributed by atoms with Gasteiger partial charge in [-0.05, 0) is 18.6 Å². The molecule has 0 aromatic carbocycles. The zero-order chi connectivity index (χ0) is 14.7. The number of rotatable bonds is 4. The Morgan fingerprint density at radius 2 is 2.00 bits per heavy atom. The highest BCUT2D eigenvalue weighted by Crippen LogP contribution is 2.16. The molecule has 1 aliphatic rings. The van der Waals surface area contributed by atoms with Crippen molar-refractivity contribution in [3.05, 3.63) is 23.9 Å². The Hall–Kier alpha value is -2.24. The van der Waals surface area contributed by atoms with Crippen LogP contribution in [0, 0.1) is 6.92 Å². The molecule has 6 nitrogen and oxygen atoms in total. The topological polar surface area (TPSA) is 70.6 Å². The first-order valence-corrected chi connectivity index (χ1v) is 6.52. The van der Waals surface area contributed by atoms with E-state index < -0.39 is 0 Å². The summed E-state index contributed by atoms with van der Waals surface area (Å²) in [5.74, 6) is 0.0369. The van der Waals surface area contributed by atoms with Gasteiger partial charge in [-0.1, -0.05) is 6.07 Å². The fourth-order valence-electron chi connectivity index (χ4n) is 2.19. The number of carbonyl (C=O) groups is 3. The lowest BCUT2D eigenvalue weighted by Crippen LogP contribution is -2.35. The van der Waals surface area contributed by atoms with Gasteiger partial charge in [0, 0.05) is 39.1 Å². The first-order valence-electron chi connectivity index (χ1n) is 6.52. The molecule has 0 saturated carbocycles. The summed E-state index contributed by atoms with van der Waals surface area (Å²) in [5, 5.41) is 0. The van der Waals surface area contributed by atoms with Gasteiger partial charge in [0.25, 0.3) is 0 Å². The lowest BCUT2D eigenvalue weighted by atomic mass is 10.2. The largest absolute Gasteiger partial charge is 0.300 e. The van der Waals surface area contributed by atoms with Gasteiger partial charge in [-0.15, -0.1) is 0 Å². The SMILES string of the molecule is Cc1cccnc1N(C)C(=O)CCN1C(=O)CCC1=O. The first kappa shape index (κ1) is 14.2. The van der Waals surface area contributed by atoms with E-state index >= 15 is 0 Å². The van der Waals surface area contributed by atoms with E-state index in [4.69, 9.17) is 0 Å². The molecule has 1 aliphatic heterocycles. The minimum absolute atomic E-state index is 0.115. The Balaban J connectivity index is 1.97. The Morgan fingerprint density at radius 3 is 2.60 bits per heavy atom. The highest BCUT2D eigenvalue weighted by molar-refractivity contribution is 6.02. The van der Waals surface area contributed by atoms with Crippen LogP contribution in [0.15, 0.2) is 18.3 Å². The number of hydrogen-bond acceptors (Lipinski definition) is 4. The number of aryl methyl sites for hydroxylation is 1. The molecule has 1 aromatic heterocycles. The third-order valence-electron chi connectivity index (χ3n) is 3.38. The van der Waals surface area contributed by atoms with E-state index in [-0.39, 0.29) is 43.5 Å². The van der Waals surface area contributed by atoms with Crippen molar-refractivity contribution in [2.75, 3.05) is 18.5 Å². The summed E-state index contributed by atoms with van der Waals surface area (Å²) in [5.41, 5.74) is 0.900. The Kier molecular flexibility index (Phi) is 4.12. The normalized spacial score (nSPS) is 14.8. The van der Waals surface area contributed by atoms with Gasteiger partial charge in [0.15, 0.2) is 0 Å². The number of likely N-dealkylation sites (tertiary alicyclic amines) is 1. The van der Waals surface area contributed by atoms with Crippen LogP contribution in [0.4, 0.5) is 5.82 Å². The van der Waals surface area contributed by atoms with E-state index in [9.17, 15) is 14.4 Å². The third kappa shape index (κ3) is 2.84. The monoisotopic (exact) mass is 275 g/mol. The molecule has 0 aliphatic carbocycles. The van der Waals surface area contributed by atoms with Crippen LogP contribution in [0.5, 0.6) is 0 Å². The lowest BCUT2D eigenvalue weighted by Gasteiger charge is -2.20.